The summed E-state index contributed by atoms with van der Waals surface area (Å²) in [6.45, 7) is 6.47. The number of hydrogen-bond donors (Lipinski definition) is 1. The first kappa shape index (κ1) is 23.3. The van der Waals surface area contributed by atoms with Crippen LogP contribution < -0.4 is 10.3 Å². The van der Waals surface area contributed by atoms with Gasteiger partial charge in [0.2, 0.25) is 0 Å². The number of aromatic nitrogens is 2. The SMILES string of the molecule is CCOC(O)c1c(OCc2ccccc2)c2ncc(Cc3ccccc3)c3c2n(c1=O)C(C)C3C. The minimum atomic E-state index is -1.40. The molecule has 35 heavy (non-hydrogen) atoms. The lowest BCUT2D eigenvalue weighted by Crippen LogP contribution is -2.28. The number of aliphatic hydroxyl groups excluding tert-OH is 1. The van der Waals surface area contributed by atoms with E-state index in [-0.39, 0.29) is 36.3 Å². The molecule has 5 rings (SSSR count). The number of hydrogen-bond acceptors (Lipinski definition) is 5. The first-order valence-corrected chi connectivity index (χ1v) is 12.1. The van der Waals surface area contributed by atoms with E-state index < -0.39 is 6.29 Å². The largest absolute Gasteiger partial charge is 0.486 e. The summed E-state index contributed by atoms with van der Waals surface area (Å²) in [6, 6.07) is 19.9. The zero-order valence-corrected chi connectivity index (χ0v) is 20.3. The van der Waals surface area contributed by atoms with Gasteiger partial charge in [0, 0.05) is 24.8 Å². The van der Waals surface area contributed by atoms with Crippen LogP contribution in [0.25, 0.3) is 11.0 Å². The second-order valence-corrected chi connectivity index (χ2v) is 9.09. The summed E-state index contributed by atoms with van der Waals surface area (Å²) in [6.07, 6.45) is 1.22. The summed E-state index contributed by atoms with van der Waals surface area (Å²) in [4.78, 5) is 18.6. The highest BCUT2D eigenvalue weighted by Crippen LogP contribution is 2.45. The van der Waals surface area contributed by atoms with Crippen molar-refractivity contribution in [2.45, 2.75) is 52.0 Å². The van der Waals surface area contributed by atoms with E-state index in [0.717, 1.165) is 28.6 Å². The number of benzene rings is 2. The van der Waals surface area contributed by atoms with Crippen LogP contribution >= 0.6 is 0 Å². The molecule has 0 radical (unpaired) electrons. The summed E-state index contributed by atoms with van der Waals surface area (Å²) >= 11 is 0. The summed E-state index contributed by atoms with van der Waals surface area (Å²) in [5.74, 6) is 0.397. The fraction of sp³-hybridized carbons (Fsp3) is 0.310. The average Bonchev–Trinajstić information content (AvgIpc) is 3.14. The maximum Gasteiger partial charge on any atom is 0.263 e. The molecule has 4 aromatic rings. The first-order chi connectivity index (χ1) is 17.0. The highest BCUT2D eigenvalue weighted by atomic mass is 16.6. The fourth-order valence-electron chi connectivity index (χ4n) is 5.07. The molecule has 0 fully saturated rings. The molecule has 0 saturated heterocycles. The molecule has 3 heterocycles. The van der Waals surface area contributed by atoms with E-state index in [1.54, 1.807) is 11.5 Å². The normalized spacial score (nSPS) is 17.6. The van der Waals surface area contributed by atoms with Gasteiger partial charge in [0.15, 0.2) is 12.0 Å². The maximum atomic E-state index is 13.8. The summed E-state index contributed by atoms with van der Waals surface area (Å²) < 4.78 is 13.5. The number of rotatable bonds is 8. The van der Waals surface area contributed by atoms with E-state index in [0.29, 0.717) is 11.3 Å². The molecule has 3 unspecified atom stereocenters. The van der Waals surface area contributed by atoms with Crippen molar-refractivity contribution in [3.8, 4) is 5.75 Å². The van der Waals surface area contributed by atoms with Crippen molar-refractivity contribution >= 4 is 11.0 Å². The Morgan fingerprint density at radius 1 is 1.03 bits per heavy atom. The third-order valence-corrected chi connectivity index (χ3v) is 6.95. The van der Waals surface area contributed by atoms with Crippen LogP contribution in [0.5, 0.6) is 5.75 Å². The van der Waals surface area contributed by atoms with Crippen LogP contribution in [0.3, 0.4) is 0 Å². The van der Waals surface area contributed by atoms with E-state index in [4.69, 9.17) is 14.5 Å². The monoisotopic (exact) mass is 470 g/mol. The second kappa shape index (κ2) is 9.64. The van der Waals surface area contributed by atoms with Crippen molar-refractivity contribution in [1.29, 1.82) is 0 Å². The molecule has 1 aliphatic rings. The van der Waals surface area contributed by atoms with Crippen LogP contribution in [0.1, 0.15) is 66.8 Å². The van der Waals surface area contributed by atoms with Crippen molar-refractivity contribution in [3.05, 3.63) is 105 Å². The highest BCUT2D eigenvalue weighted by Gasteiger charge is 2.36. The summed E-state index contributed by atoms with van der Waals surface area (Å²) in [5.41, 5.74) is 5.54. The lowest BCUT2D eigenvalue weighted by Gasteiger charge is -2.20. The molecular formula is C29H30N2O4. The predicted molar refractivity (Wildman–Crippen MR) is 136 cm³/mol. The zero-order chi connectivity index (χ0) is 24.5. The average molecular weight is 471 g/mol. The Bertz CT molecular complexity index is 1400. The molecule has 6 heteroatoms. The molecule has 1 N–H and O–H groups in total. The van der Waals surface area contributed by atoms with Gasteiger partial charge in [-0.25, -0.2) is 0 Å². The van der Waals surface area contributed by atoms with Crippen LogP contribution in [-0.2, 0) is 17.8 Å². The van der Waals surface area contributed by atoms with Gasteiger partial charge in [-0.1, -0.05) is 67.6 Å². The lowest BCUT2D eigenvalue weighted by atomic mass is 9.91. The summed E-state index contributed by atoms with van der Waals surface area (Å²) in [7, 11) is 0. The molecule has 2 aromatic heterocycles. The molecular weight excluding hydrogens is 440 g/mol. The van der Waals surface area contributed by atoms with E-state index in [1.165, 1.54) is 5.56 Å². The van der Waals surface area contributed by atoms with Gasteiger partial charge in [-0.15, -0.1) is 0 Å². The number of ether oxygens (including phenoxy) is 2. The van der Waals surface area contributed by atoms with E-state index in [1.807, 2.05) is 61.7 Å². The molecule has 0 saturated carbocycles. The molecule has 0 aliphatic carbocycles. The molecule has 180 valence electrons. The Morgan fingerprint density at radius 2 is 1.69 bits per heavy atom. The Balaban J connectivity index is 1.72. The maximum absolute atomic E-state index is 13.8. The van der Waals surface area contributed by atoms with Gasteiger partial charge in [0.1, 0.15) is 17.7 Å². The smallest absolute Gasteiger partial charge is 0.263 e. The van der Waals surface area contributed by atoms with Gasteiger partial charge in [0.25, 0.3) is 5.56 Å². The van der Waals surface area contributed by atoms with Crippen LogP contribution in [0.15, 0.2) is 71.7 Å². The second-order valence-electron chi connectivity index (χ2n) is 9.09. The number of aliphatic hydroxyl groups is 1. The lowest BCUT2D eigenvalue weighted by molar-refractivity contribution is -0.100. The molecule has 0 amide bonds. The van der Waals surface area contributed by atoms with Gasteiger partial charge >= 0.3 is 0 Å². The van der Waals surface area contributed by atoms with Crippen molar-refractivity contribution in [3.63, 3.8) is 0 Å². The van der Waals surface area contributed by atoms with Crippen molar-refractivity contribution in [2.75, 3.05) is 6.61 Å². The highest BCUT2D eigenvalue weighted by molar-refractivity contribution is 5.88. The van der Waals surface area contributed by atoms with Crippen molar-refractivity contribution in [1.82, 2.24) is 9.55 Å². The third-order valence-electron chi connectivity index (χ3n) is 6.95. The van der Waals surface area contributed by atoms with Crippen LogP contribution in [0.2, 0.25) is 0 Å². The standard InChI is InChI=1S/C29H30N2O4/c1-4-34-29(33)24-27(35-17-21-13-9-6-10-14-21)25-26-23(18(2)19(3)31(26)28(24)32)22(16-30-25)15-20-11-7-5-8-12-20/h5-14,16,18-19,29,33H,4,15,17H2,1-3H3. The van der Waals surface area contributed by atoms with Crippen molar-refractivity contribution < 1.29 is 14.6 Å². The van der Waals surface area contributed by atoms with E-state index in [2.05, 4.69) is 19.1 Å². The minimum absolute atomic E-state index is 0.0885. The van der Waals surface area contributed by atoms with E-state index >= 15 is 0 Å². The van der Waals surface area contributed by atoms with Gasteiger partial charge in [-0.2, -0.15) is 0 Å². The van der Waals surface area contributed by atoms with Crippen LogP contribution in [-0.4, -0.2) is 21.3 Å². The molecule has 1 aliphatic heterocycles. The third kappa shape index (κ3) is 4.13. The Labute approximate surface area is 204 Å². The quantitative estimate of drug-likeness (QED) is 0.355. The molecule has 0 bridgehead atoms. The fourth-order valence-corrected chi connectivity index (χ4v) is 5.07. The zero-order valence-electron chi connectivity index (χ0n) is 20.3. The van der Waals surface area contributed by atoms with Gasteiger partial charge in [0.05, 0.1) is 5.52 Å². The van der Waals surface area contributed by atoms with Crippen LogP contribution in [0.4, 0.5) is 0 Å². The molecule has 3 atom stereocenters. The Kier molecular flexibility index (Phi) is 6.41. The van der Waals surface area contributed by atoms with E-state index in [9.17, 15) is 9.90 Å². The first-order valence-electron chi connectivity index (χ1n) is 12.1. The van der Waals surface area contributed by atoms with Gasteiger partial charge in [-0.05, 0) is 42.5 Å². The Morgan fingerprint density at radius 3 is 2.34 bits per heavy atom. The van der Waals surface area contributed by atoms with Gasteiger partial charge < -0.3 is 19.1 Å². The number of nitrogens with zero attached hydrogens (tertiary/aromatic N) is 2. The Hall–Kier alpha value is -3.48. The molecule has 2 aromatic carbocycles. The summed E-state index contributed by atoms with van der Waals surface area (Å²) in [5, 5.41) is 10.8. The molecule has 0 spiro atoms. The molecule has 6 nitrogen and oxygen atoms in total. The predicted octanol–water partition coefficient (Wildman–Crippen LogP) is 5.27. The van der Waals surface area contributed by atoms with Crippen LogP contribution in [0, 0.1) is 0 Å². The van der Waals surface area contributed by atoms with Crippen molar-refractivity contribution in [2.24, 2.45) is 0 Å². The number of pyridine rings is 2. The topological polar surface area (TPSA) is 73.6 Å². The van der Waals surface area contributed by atoms with Gasteiger partial charge in [-0.3, -0.25) is 9.78 Å². The minimum Gasteiger partial charge on any atom is -0.486 e.